The van der Waals surface area contributed by atoms with E-state index in [-0.39, 0.29) is 0 Å². The van der Waals surface area contributed by atoms with Crippen LogP contribution in [0.15, 0.2) is 18.2 Å². The van der Waals surface area contributed by atoms with Crippen LogP contribution in [0, 0.1) is 0 Å². The van der Waals surface area contributed by atoms with Crippen molar-refractivity contribution in [3.8, 4) is 0 Å². The summed E-state index contributed by atoms with van der Waals surface area (Å²) in [5, 5.41) is 3.85. The van der Waals surface area contributed by atoms with Crippen molar-refractivity contribution >= 4 is 11.4 Å². The summed E-state index contributed by atoms with van der Waals surface area (Å²) >= 11 is 0. The average molecular weight is 359 g/mol. The number of fused-ring (bicyclic) bond motifs is 1. The van der Waals surface area contributed by atoms with Gasteiger partial charge in [0.15, 0.2) is 0 Å². The van der Waals surface area contributed by atoms with Crippen LogP contribution in [0.4, 0.5) is 11.4 Å². The third-order valence-corrected chi connectivity index (χ3v) is 6.08. The first kappa shape index (κ1) is 21.1. The van der Waals surface area contributed by atoms with Gasteiger partial charge in [0.05, 0.1) is 16.9 Å². The molecule has 0 unspecified atom stereocenters. The first-order valence-electron chi connectivity index (χ1n) is 11.3. The average Bonchev–Trinajstić information content (AvgIpc) is 2.68. The monoisotopic (exact) mass is 358 g/mol. The van der Waals surface area contributed by atoms with E-state index < -0.39 is 0 Å². The van der Waals surface area contributed by atoms with Crippen molar-refractivity contribution in [1.29, 1.82) is 0 Å². The molecule has 0 amide bonds. The molecule has 2 heteroatoms. The molecule has 26 heavy (non-hydrogen) atoms. The Morgan fingerprint density at radius 3 is 2.15 bits per heavy atom. The maximum Gasteiger partial charge on any atom is 0.0607 e. The summed E-state index contributed by atoms with van der Waals surface area (Å²) in [6.45, 7) is 11.6. The highest BCUT2D eigenvalue weighted by Gasteiger charge is 2.39. The Hall–Kier alpha value is -1.18. The van der Waals surface area contributed by atoms with Gasteiger partial charge in [-0.25, -0.2) is 0 Å². The van der Waals surface area contributed by atoms with E-state index in [1.54, 1.807) is 0 Å². The zero-order chi connectivity index (χ0) is 18.8. The van der Waals surface area contributed by atoms with E-state index in [1.807, 2.05) is 0 Å². The smallest absolute Gasteiger partial charge is 0.0607 e. The van der Waals surface area contributed by atoms with E-state index in [0.29, 0.717) is 5.54 Å². The van der Waals surface area contributed by atoms with Crippen molar-refractivity contribution < 1.29 is 0 Å². The van der Waals surface area contributed by atoms with Gasteiger partial charge in [0.25, 0.3) is 0 Å². The molecule has 0 saturated carbocycles. The largest absolute Gasteiger partial charge is 0.381 e. The summed E-state index contributed by atoms with van der Waals surface area (Å²) in [5.41, 5.74) is 4.62. The molecule has 1 N–H and O–H groups in total. The summed E-state index contributed by atoms with van der Waals surface area (Å²) in [5.74, 6) is 0. The molecule has 1 heterocycles. The number of rotatable bonds is 12. The van der Waals surface area contributed by atoms with E-state index in [9.17, 15) is 0 Å². The van der Waals surface area contributed by atoms with Crippen molar-refractivity contribution in [2.45, 2.75) is 104 Å². The maximum atomic E-state index is 3.85. The molecule has 2 nitrogen and oxygen atoms in total. The predicted octanol–water partition coefficient (Wildman–Crippen LogP) is 7.18. The Morgan fingerprint density at radius 2 is 1.54 bits per heavy atom. The van der Waals surface area contributed by atoms with Crippen LogP contribution in [0.5, 0.6) is 0 Å². The van der Waals surface area contributed by atoms with Crippen LogP contribution in [-0.2, 0) is 6.42 Å². The number of hydrogen-bond acceptors (Lipinski definition) is 2. The zero-order valence-electron chi connectivity index (χ0n) is 17.9. The van der Waals surface area contributed by atoms with Gasteiger partial charge in [-0.1, -0.05) is 72.3 Å². The Morgan fingerprint density at radius 1 is 0.885 bits per heavy atom. The van der Waals surface area contributed by atoms with Gasteiger partial charge in [-0.05, 0) is 49.8 Å². The SMILES string of the molecule is CCCCc1ccc2c(c1)NCC(CCCC)(CCCC)N2CCCC. The fourth-order valence-corrected chi connectivity index (χ4v) is 4.36. The Balaban J connectivity index is 2.32. The van der Waals surface area contributed by atoms with Crippen molar-refractivity contribution in [2.75, 3.05) is 23.3 Å². The van der Waals surface area contributed by atoms with E-state index in [2.05, 4.69) is 56.1 Å². The normalized spacial score (nSPS) is 15.6. The molecule has 1 aromatic carbocycles. The minimum Gasteiger partial charge on any atom is -0.381 e. The first-order valence-corrected chi connectivity index (χ1v) is 11.3. The van der Waals surface area contributed by atoms with Crippen LogP contribution in [0.2, 0.25) is 0 Å². The number of nitrogens with one attached hydrogen (secondary N) is 1. The Labute approximate surface area is 162 Å². The van der Waals surface area contributed by atoms with Crippen LogP contribution in [0.25, 0.3) is 0 Å². The molecule has 0 spiro atoms. The van der Waals surface area contributed by atoms with Gasteiger partial charge in [-0.3, -0.25) is 0 Å². The molecule has 0 aromatic heterocycles. The molecule has 0 atom stereocenters. The van der Waals surface area contributed by atoms with Crippen molar-refractivity contribution in [3.63, 3.8) is 0 Å². The van der Waals surface area contributed by atoms with Crippen LogP contribution < -0.4 is 10.2 Å². The number of aryl methyl sites for hydroxylation is 1. The molecule has 148 valence electrons. The third kappa shape index (κ3) is 5.18. The molecule has 2 rings (SSSR count). The first-order chi connectivity index (χ1) is 12.7. The second-order valence-corrected chi connectivity index (χ2v) is 8.25. The second-order valence-electron chi connectivity index (χ2n) is 8.25. The summed E-state index contributed by atoms with van der Waals surface area (Å²) in [6.07, 6.45) is 14.2. The minimum atomic E-state index is 0.305. The fourth-order valence-electron chi connectivity index (χ4n) is 4.36. The Kier molecular flexibility index (Phi) is 8.81. The lowest BCUT2D eigenvalue weighted by molar-refractivity contribution is 0.323. The molecule has 0 aliphatic carbocycles. The van der Waals surface area contributed by atoms with Gasteiger partial charge in [0.1, 0.15) is 0 Å². The minimum absolute atomic E-state index is 0.305. The van der Waals surface area contributed by atoms with Crippen molar-refractivity contribution in [3.05, 3.63) is 23.8 Å². The lowest BCUT2D eigenvalue weighted by Crippen LogP contribution is -2.56. The number of nitrogens with zero attached hydrogens (tertiary/aromatic N) is 1. The number of benzene rings is 1. The van der Waals surface area contributed by atoms with Crippen LogP contribution in [0.3, 0.4) is 0 Å². The molecule has 1 aromatic rings. The summed E-state index contributed by atoms with van der Waals surface area (Å²) < 4.78 is 0. The van der Waals surface area contributed by atoms with E-state index in [4.69, 9.17) is 0 Å². The molecule has 0 bridgehead atoms. The van der Waals surface area contributed by atoms with Crippen LogP contribution in [-0.4, -0.2) is 18.6 Å². The highest BCUT2D eigenvalue weighted by molar-refractivity contribution is 5.74. The molecule has 0 fully saturated rings. The van der Waals surface area contributed by atoms with Crippen LogP contribution >= 0.6 is 0 Å². The maximum absolute atomic E-state index is 3.85. The van der Waals surface area contributed by atoms with E-state index in [1.165, 1.54) is 94.1 Å². The lowest BCUT2D eigenvalue weighted by Gasteiger charge is -2.50. The molecule has 1 aliphatic heterocycles. The molecular weight excluding hydrogens is 316 g/mol. The standard InChI is InChI=1S/C24H42N2/c1-5-9-13-21-14-15-23-22(19-21)25-20-24(16-10-6-2,17-11-7-3)26(23)18-12-8-4/h14-15,19,25H,5-13,16-18,20H2,1-4H3. The van der Waals surface area contributed by atoms with Gasteiger partial charge < -0.3 is 10.2 Å². The summed E-state index contributed by atoms with van der Waals surface area (Å²) in [4.78, 5) is 2.80. The van der Waals surface area contributed by atoms with Crippen molar-refractivity contribution in [2.24, 2.45) is 0 Å². The number of hydrogen-bond donors (Lipinski definition) is 1. The van der Waals surface area contributed by atoms with Gasteiger partial charge in [-0.2, -0.15) is 0 Å². The van der Waals surface area contributed by atoms with Crippen LogP contribution in [0.1, 0.15) is 97.5 Å². The quantitative estimate of drug-likeness (QED) is 0.425. The summed E-state index contributed by atoms with van der Waals surface area (Å²) in [6, 6.07) is 7.22. The molecular formula is C24H42N2. The molecule has 0 saturated heterocycles. The molecule has 1 aliphatic rings. The Bertz CT molecular complexity index is 515. The van der Waals surface area contributed by atoms with Gasteiger partial charge in [-0.15, -0.1) is 0 Å². The number of anilines is 2. The van der Waals surface area contributed by atoms with E-state index >= 15 is 0 Å². The molecule has 0 radical (unpaired) electrons. The predicted molar refractivity (Wildman–Crippen MR) is 118 cm³/mol. The topological polar surface area (TPSA) is 15.3 Å². The summed E-state index contributed by atoms with van der Waals surface area (Å²) in [7, 11) is 0. The van der Waals surface area contributed by atoms with Crippen molar-refractivity contribution in [1.82, 2.24) is 0 Å². The van der Waals surface area contributed by atoms with E-state index in [0.717, 1.165) is 6.54 Å². The van der Waals surface area contributed by atoms with Gasteiger partial charge in [0, 0.05) is 13.1 Å². The highest BCUT2D eigenvalue weighted by atomic mass is 15.3. The zero-order valence-corrected chi connectivity index (χ0v) is 17.9. The fraction of sp³-hybridized carbons (Fsp3) is 0.750. The third-order valence-electron chi connectivity index (χ3n) is 6.08. The van der Waals surface area contributed by atoms with Gasteiger partial charge >= 0.3 is 0 Å². The highest BCUT2D eigenvalue weighted by Crippen LogP contribution is 2.42. The number of unbranched alkanes of at least 4 members (excludes halogenated alkanes) is 4. The lowest BCUT2D eigenvalue weighted by atomic mass is 9.82. The van der Waals surface area contributed by atoms with Gasteiger partial charge in [0.2, 0.25) is 0 Å². The second kappa shape index (κ2) is 10.8.